The number of hydrogen-bond acceptors (Lipinski definition) is 5. The summed E-state index contributed by atoms with van der Waals surface area (Å²) in [7, 11) is 1.64. The summed E-state index contributed by atoms with van der Waals surface area (Å²) < 4.78 is 5.23. The summed E-state index contributed by atoms with van der Waals surface area (Å²) in [6, 6.07) is -0.415. The molecule has 2 aliphatic heterocycles. The van der Waals surface area contributed by atoms with E-state index in [1.807, 2.05) is 12.3 Å². The molecule has 0 saturated carbocycles. The molecule has 0 radical (unpaired) electrons. The number of thiazole rings is 1. The third-order valence-electron chi connectivity index (χ3n) is 4.12. The van der Waals surface area contributed by atoms with E-state index in [1.165, 1.54) is 16.2 Å². The SMILES string of the molecule is CO[C@H](C)c1nc(CN2C(=O)[C@@H]3CCCCN3C2=O)cs1. The third-order valence-corrected chi connectivity index (χ3v) is 5.18. The van der Waals surface area contributed by atoms with Crippen LogP contribution in [0.15, 0.2) is 5.38 Å². The monoisotopic (exact) mass is 309 g/mol. The third kappa shape index (κ3) is 2.55. The molecule has 2 saturated heterocycles. The molecule has 3 rings (SSSR count). The van der Waals surface area contributed by atoms with Crippen molar-refractivity contribution in [1.29, 1.82) is 0 Å². The van der Waals surface area contributed by atoms with Crippen molar-refractivity contribution in [2.24, 2.45) is 0 Å². The lowest BCUT2D eigenvalue weighted by Crippen LogP contribution is -2.38. The first-order valence-electron chi connectivity index (χ1n) is 7.21. The molecule has 2 atom stereocenters. The molecule has 1 aromatic heterocycles. The van der Waals surface area contributed by atoms with Crippen molar-refractivity contribution < 1.29 is 14.3 Å². The summed E-state index contributed by atoms with van der Waals surface area (Å²) in [6.45, 7) is 2.88. The Bertz CT molecular complexity index is 535. The van der Waals surface area contributed by atoms with Crippen molar-refractivity contribution in [3.8, 4) is 0 Å². The number of urea groups is 1. The van der Waals surface area contributed by atoms with Crippen molar-refractivity contribution in [3.05, 3.63) is 16.1 Å². The average molecular weight is 309 g/mol. The lowest BCUT2D eigenvalue weighted by atomic mass is 10.0. The zero-order valence-corrected chi connectivity index (χ0v) is 13.1. The van der Waals surface area contributed by atoms with Crippen LogP contribution in [-0.2, 0) is 16.1 Å². The van der Waals surface area contributed by atoms with E-state index in [-0.39, 0.29) is 30.6 Å². The van der Waals surface area contributed by atoms with Gasteiger partial charge < -0.3 is 9.64 Å². The minimum absolute atomic E-state index is 0.0694. The van der Waals surface area contributed by atoms with Crippen molar-refractivity contribution in [2.75, 3.05) is 13.7 Å². The Kier molecular flexibility index (Phi) is 3.95. The lowest BCUT2D eigenvalue weighted by Gasteiger charge is -2.26. The molecule has 0 spiro atoms. The van der Waals surface area contributed by atoms with Gasteiger partial charge >= 0.3 is 6.03 Å². The van der Waals surface area contributed by atoms with Crippen molar-refractivity contribution in [3.63, 3.8) is 0 Å². The normalized spacial score (nSPS) is 23.6. The smallest absolute Gasteiger partial charge is 0.327 e. The summed E-state index contributed by atoms with van der Waals surface area (Å²) in [6.07, 6.45) is 2.71. The molecular formula is C14H19N3O3S. The maximum absolute atomic E-state index is 12.4. The number of carbonyl (C=O) groups is 2. The van der Waals surface area contributed by atoms with E-state index in [9.17, 15) is 9.59 Å². The number of ether oxygens (including phenoxy) is 1. The quantitative estimate of drug-likeness (QED) is 0.800. The second kappa shape index (κ2) is 5.73. The Morgan fingerprint density at radius 1 is 1.48 bits per heavy atom. The summed E-state index contributed by atoms with van der Waals surface area (Å²) >= 11 is 1.49. The number of carbonyl (C=O) groups excluding carboxylic acids is 2. The van der Waals surface area contributed by atoms with Crippen LogP contribution >= 0.6 is 11.3 Å². The fourth-order valence-electron chi connectivity index (χ4n) is 2.84. The maximum Gasteiger partial charge on any atom is 0.327 e. The van der Waals surface area contributed by atoms with Crippen LogP contribution in [0.3, 0.4) is 0 Å². The van der Waals surface area contributed by atoms with E-state index in [0.29, 0.717) is 6.54 Å². The molecule has 21 heavy (non-hydrogen) atoms. The van der Waals surface area contributed by atoms with Crippen LogP contribution in [0.4, 0.5) is 4.79 Å². The van der Waals surface area contributed by atoms with Gasteiger partial charge in [-0.05, 0) is 26.2 Å². The molecule has 0 aliphatic carbocycles. The molecule has 0 N–H and O–H groups in total. The van der Waals surface area contributed by atoms with Gasteiger partial charge in [0.05, 0.1) is 12.2 Å². The van der Waals surface area contributed by atoms with E-state index in [4.69, 9.17) is 4.74 Å². The van der Waals surface area contributed by atoms with E-state index >= 15 is 0 Å². The molecule has 7 heteroatoms. The van der Waals surface area contributed by atoms with Crippen LogP contribution in [0.5, 0.6) is 0 Å². The highest BCUT2D eigenvalue weighted by molar-refractivity contribution is 7.09. The number of amides is 3. The lowest BCUT2D eigenvalue weighted by molar-refractivity contribution is -0.129. The van der Waals surface area contributed by atoms with Crippen LogP contribution in [0.1, 0.15) is 43.0 Å². The Hall–Kier alpha value is -1.47. The first-order valence-corrected chi connectivity index (χ1v) is 8.09. The first-order chi connectivity index (χ1) is 10.1. The van der Waals surface area contributed by atoms with Gasteiger partial charge in [-0.1, -0.05) is 0 Å². The zero-order valence-electron chi connectivity index (χ0n) is 12.2. The Balaban J connectivity index is 1.74. The molecule has 2 fully saturated rings. The van der Waals surface area contributed by atoms with Gasteiger partial charge in [-0.3, -0.25) is 9.69 Å². The van der Waals surface area contributed by atoms with Crippen LogP contribution in [0, 0.1) is 0 Å². The summed E-state index contributed by atoms with van der Waals surface area (Å²) in [5, 5.41) is 2.76. The number of hydrogen-bond donors (Lipinski definition) is 0. The topological polar surface area (TPSA) is 62.7 Å². The predicted octanol–water partition coefficient (Wildman–Crippen LogP) is 2.17. The highest BCUT2D eigenvalue weighted by atomic mass is 32.1. The number of rotatable bonds is 4. The van der Waals surface area contributed by atoms with Crippen molar-refractivity contribution in [2.45, 2.75) is 44.9 Å². The van der Waals surface area contributed by atoms with Gasteiger partial charge in [-0.15, -0.1) is 11.3 Å². The fraction of sp³-hybridized carbons (Fsp3) is 0.643. The molecule has 114 valence electrons. The molecule has 1 aromatic rings. The average Bonchev–Trinajstić information content (AvgIpc) is 3.07. The molecule has 3 heterocycles. The van der Waals surface area contributed by atoms with Crippen LogP contribution in [-0.4, -0.2) is 46.4 Å². The number of nitrogens with zero attached hydrogens (tertiary/aromatic N) is 3. The van der Waals surface area contributed by atoms with E-state index < -0.39 is 0 Å². The van der Waals surface area contributed by atoms with Crippen molar-refractivity contribution >= 4 is 23.3 Å². The van der Waals surface area contributed by atoms with E-state index in [0.717, 1.165) is 30.0 Å². The standard InChI is InChI=1S/C14H19N3O3S/c1-9(20-2)12-15-10(8-21-12)7-17-13(18)11-5-3-4-6-16(11)14(17)19/h8-9,11H,3-7H2,1-2H3/t9-,11+/m1/s1. The Morgan fingerprint density at radius 2 is 2.29 bits per heavy atom. The van der Waals surface area contributed by atoms with E-state index in [1.54, 1.807) is 12.0 Å². The summed E-state index contributed by atoms with van der Waals surface area (Å²) in [5.74, 6) is -0.0750. The Labute approximate surface area is 127 Å². The largest absolute Gasteiger partial charge is 0.375 e. The fourth-order valence-corrected chi connectivity index (χ4v) is 3.68. The van der Waals surface area contributed by atoms with Gasteiger partial charge in [0.25, 0.3) is 5.91 Å². The van der Waals surface area contributed by atoms with Gasteiger partial charge in [-0.25, -0.2) is 9.78 Å². The van der Waals surface area contributed by atoms with Gasteiger partial charge in [0, 0.05) is 19.0 Å². The first kappa shape index (κ1) is 14.5. The second-order valence-corrected chi connectivity index (χ2v) is 6.36. The zero-order chi connectivity index (χ0) is 15.0. The summed E-state index contributed by atoms with van der Waals surface area (Å²) in [5.41, 5.74) is 0.750. The number of imide groups is 1. The number of aromatic nitrogens is 1. The minimum atomic E-state index is -0.248. The van der Waals surface area contributed by atoms with E-state index in [2.05, 4.69) is 4.98 Å². The molecular weight excluding hydrogens is 290 g/mol. The predicted molar refractivity (Wildman–Crippen MR) is 77.8 cm³/mol. The maximum atomic E-state index is 12.4. The number of piperidine rings is 1. The molecule has 0 aromatic carbocycles. The van der Waals surface area contributed by atoms with Crippen LogP contribution < -0.4 is 0 Å². The van der Waals surface area contributed by atoms with Crippen molar-refractivity contribution in [1.82, 2.24) is 14.8 Å². The highest BCUT2D eigenvalue weighted by Crippen LogP contribution is 2.28. The van der Waals surface area contributed by atoms with Gasteiger partial charge in [-0.2, -0.15) is 0 Å². The van der Waals surface area contributed by atoms with Gasteiger partial charge in [0.2, 0.25) is 0 Å². The molecule has 6 nitrogen and oxygen atoms in total. The molecule has 3 amide bonds. The number of fused-ring (bicyclic) bond motifs is 1. The van der Waals surface area contributed by atoms with Gasteiger partial charge in [0.15, 0.2) is 0 Å². The second-order valence-electron chi connectivity index (χ2n) is 5.47. The highest BCUT2D eigenvalue weighted by Gasteiger charge is 2.45. The number of methoxy groups -OCH3 is 1. The Morgan fingerprint density at radius 3 is 3.00 bits per heavy atom. The molecule has 0 bridgehead atoms. The minimum Gasteiger partial charge on any atom is -0.375 e. The molecule has 0 unspecified atom stereocenters. The summed E-state index contributed by atoms with van der Waals surface area (Å²) in [4.78, 5) is 32.2. The molecule has 2 aliphatic rings. The van der Waals surface area contributed by atoms with Crippen LogP contribution in [0.25, 0.3) is 0 Å². The van der Waals surface area contributed by atoms with Gasteiger partial charge in [0.1, 0.15) is 17.2 Å². The van der Waals surface area contributed by atoms with Crippen LogP contribution in [0.2, 0.25) is 0 Å².